The van der Waals surface area contributed by atoms with Crippen LogP contribution in [0.5, 0.6) is 0 Å². The third kappa shape index (κ3) is 5.57. The summed E-state index contributed by atoms with van der Waals surface area (Å²) in [5, 5.41) is 0. The van der Waals surface area contributed by atoms with Crippen molar-refractivity contribution in [1.82, 2.24) is 0 Å². The van der Waals surface area contributed by atoms with Gasteiger partial charge in [-0.2, -0.15) is 0 Å². The van der Waals surface area contributed by atoms with E-state index in [1.807, 2.05) is 0 Å². The van der Waals surface area contributed by atoms with Crippen LogP contribution in [0.2, 0.25) is 14.9 Å². The fourth-order valence-electron chi connectivity index (χ4n) is 0.866. The fraction of sp³-hybridized carbons (Fsp3) is 1.00. The Balaban J connectivity index is 0. The van der Waals surface area contributed by atoms with Crippen LogP contribution in [0.4, 0.5) is 0 Å². The Labute approximate surface area is 75.4 Å². The van der Waals surface area contributed by atoms with Crippen molar-refractivity contribution < 1.29 is 0 Å². The van der Waals surface area contributed by atoms with Crippen LogP contribution in [0, 0.1) is 0 Å². The van der Waals surface area contributed by atoms with Crippen molar-refractivity contribution in [3.05, 3.63) is 0 Å². The molecule has 0 aromatic carbocycles. The summed E-state index contributed by atoms with van der Waals surface area (Å²) >= 11 is -0.576. The average molecular weight is 278 g/mol. The molecule has 48 valence electrons. The van der Waals surface area contributed by atoms with Crippen molar-refractivity contribution in [2.45, 2.75) is 35.7 Å². The van der Waals surface area contributed by atoms with Crippen LogP contribution in [-0.4, -0.2) is 40.1 Å². The molecule has 2 radical (unpaired) electrons. The van der Waals surface area contributed by atoms with Gasteiger partial charge in [-0.3, -0.25) is 0 Å². The minimum atomic E-state index is -0.576. The van der Waals surface area contributed by atoms with E-state index in [1.54, 1.807) is 14.9 Å². The Hall–Kier alpha value is 1.44. The van der Waals surface area contributed by atoms with Gasteiger partial charge in [0.25, 0.3) is 0 Å². The van der Waals surface area contributed by atoms with Gasteiger partial charge in [-0.15, -0.1) is 0 Å². The van der Waals surface area contributed by atoms with Gasteiger partial charge in [0.1, 0.15) is 0 Å². The molecular formula is C6H17GaSn. The summed E-state index contributed by atoms with van der Waals surface area (Å²) in [5.41, 5.74) is 0. The molecule has 0 aliphatic carbocycles. The first kappa shape index (κ1) is 12.1. The van der Waals surface area contributed by atoms with Gasteiger partial charge >= 0.3 is 75.8 Å². The molecule has 0 N–H and O–H groups in total. The van der Waals surface area contributed by atoms with Crippen LogP contribution >= 0.6 is 0 Å². The summed E-state index contributed by atoms with van der Waals surface area (Å²) in [4.78, 5) is 4.62. The van der Waals surface area contributed by atoms with Gasteiger partial charge in [-0.25, -0.2) is 0 Å². The van der Waals surface area contributed by atoms with E-state index in [9.17, 15) is 0 Å². The van der Waals surface area contributed by atoms with Crippen LogP contribution in [0.3, 0.4) is 0 Å². The molecule has 2 heteroatoms. The summed E-state index contributed by atoms with van der Waals surface area (Å²) in [6.45, 7) is 7.03. The zero-order valence-corrected chi connectivity index (χ0v) is 12.9. The second kappa shape index (κ2) is 8.44. The molecule has 0 bridgehead atoms. The molecule has 0 saturated carbocycles. The molecule has 0 aromatic rings. The molecule has 0 spiro atoms. The van der Waals surface area contributed by atoms with E-state index in [4.69, 9.17) is 0 Å². The Morgan fingerprint density at radius 2 is 1.12 bits per heavy atom. The molecule has 0 amide bonds. The Bertz CT molecular complexity index is 30.0. The zero-order chi connectivity index (χ0) is 5.70. The standard InChI is InChI=1S/3C2H5.Ga.Sn.2H/c3*1-2;;;;/h3*1H2,2H3;;;;. The Morgan fingerprint density at radius 1 is 0.875 bits per heavy atom. The molecule has 0 nitrogen and oxygen atoms in total. The van der Waals surface area contributed by atoms with Gasteiger partial charge in [0, 0.05) is 0 Å². The topological polar surface area (TPSA) is 0 Å². The van der Waals surface area contributed by atoms with Gasteiger partial charge in [0.2, 0.25) is 0 Å². The molecule has 0 aliphatic heterocycles. The quantitative estimate of drug-likeness (QED) is 0.688. The first-order valence-electron chi connectivity index (χ1n) is 3.35. The van der Waals surface area contributed by atoms with Crippen LogP contribution in [-0.2, 0) is 0 Å². The predicted molar refractivity (Wildman–Crippen MR) is 45.7 cm³/mol. The van der Waals surface area contributed by atoms with Crippen LogP contribution < -0.4 is 0 Å². The third-order valence-electron chi connectivity index (χ3n) is 1.73. The third-order valence-corrected chi connectivity index (χ3v) is 9.00. The van der Waals surface area contributed by atoms with E-state index in [1.165, 1.54) is 0 Å². The van der Waals surface area contributed by atoms with Crippen molar-refractivity contribution >= 4 is 40.1 Å². The predicted octanol–water partition coefficient (Wildman–Crippen LogP) is 1.62. The van der Waals surface area contributed by atoms with E-state index in [-0.39, 0.29) is 23.9 Å². The maximum atomic E-state index is 2.34. The summed E-state index contributed by atoms with van der Waals surface area (Å²) in [7, 11) is 0. The van der Waals surface area contributed by atoms with Crippen molar-refractivity contribution in [1.29, 1.82) is 0 Å². The first-order chi connectivity index (χ1) is 3.35. The zero-order valence-electron chi connectivity index (χ0n) is 6.41. The molecule has 0 aliphatic rings. The molecule has 0 heterocycles. The molecule has 0 atom stereocenters. The molecule has 0 unspecified atom stereocenters. The molecule has 0 fully saturated rings. The van der Waals surface area contributed by atoms with Crippen LogP contribution in [0.15, 0.2) is 0 Å². The van der Waals surface area contributed by atoms with Gasteiger partial charge in [-0.1, -0.05) is 0 Å². The van der Waals surface area contributed by atoms with E-state index in [0.29, 0.717) is 0 Å². The van der Waals surface area contributed by atoms with Crippen LogP contribution in [0.25, 0.3) is 0 Å². The fourth-order valence-corrected chi connectivity index (χ4v) is 4.50. The molecule has 0 saturated heterocycles. The van der Waals surface area contributed by atoms with Gasteiger partial charge in [0.05, 0.1) is 0 Å². The summed E-state index contributed by atoms with van der Waals surface area (Å²) in [5.74, 6) is 0. The number of hydrogen-bond acceptors (Lipinski definition) is 0. The van der Waals surface area contributed by atoms with Gasteiger partial charge in [0.15, 0.2) is 0 Å². The second-order valence-corrected chi connectivity index (χ2v) is 10.9. The number of rotatable bonds is 3. The van der Waals surface area contributed by atoms with Crippen molar-refractivity contribution in [3.63, 3.8) is 0 Å². The first-order valence-corrected chi connectivity index (χ1v) is 8.49. The van der Waals surface area contributed by atoms with Crippen LogP contribution in [0.1, 0.15) is 20.8 Å². The maximum absolute atomic E-state index is 2.34. The van der Waals surface area contributed by atoms with E-state index in [2.05, 4.69) is 20.8 Å². The molecule has 0 rings (SSSR count). The Kier molecular flexibility index (Phi) is 12.8. The molecular weight excluding hydrogens is 260 g/mol. The second-order valence-electron chi connectivity index (χ2n) is 2.09. The van der Waals surface area contributed by atoms with Crippen molar-refractivity contribution in [2.75, 3.05) is 0 Å². The van der Waals surface area contributed by atoms with E-state index in [0.717, 1.165) is 0 Å². The van der Waals surface area contributed by atoms with Crippen molar-refractivity contribution in [3.8, 4) is 0 Å². The molecule has 8 heavy (non-hydrogen) atoms. The summed E-state index contributed by atoms with van der Waals surface area (Å²) in [6.07, 6.45) is 0. The Morgan fingerprint density at radius 3 is 1.12 bits per heavy atom. The monoisotopic (exact) mass is 278 g/mol. The van der Waals surface area contributed by atoms with Gasteiger partial charge in [-0.05, 0) is 0 Å². The summed E-state index contributed by atoms with van der Waals surface area (Å²) < 4.78 is 0. The van der Waals surface area contributed by atoms with E-state index < -0.39 is 16.2 Å². The van der Waals surface area contributed by atoms with Gasteiger partial charge < -0.3 is 0 Å². The minimum absolute atomic E-state index is 0. The number of hydrogen-bond donors (Lipinski definition) is 0. The van der Waals surface area contributed by atoms with Crippen molar-refractivity contribution in [2.24, 2.45) is 0 Å². The SMILES string of the molecule is C[CH2][Ga]([CH2]C)[CH2]C.[SnH2]. The average Bonchev–Trinajstić information content (AvgIpc) is 1.72. The molecule has 0 aromatic heterocycles. The van der Waals surface area contributed by atoms with E-state index >= 15 is 0 Å². The normalized spacial score (nSPS) is 7.88. The summed E-state index contributed by atoms with van der Waals surface area (Å²) in [6, 6.07) is 0.